The molecule has 0 saturated carbocycles. The van der Waals surface area contributed by atoms with Crippen molar-refractivity contribution in [3.05, 3.63) is 40.9 Å². The molecule has 0 radical (unpaired) electrons. The van der Waals surface area contributed by atoms with Gasteiger partial charge in [-0.15, -0.1) is 0 Å². The van der Waals surface area contributed by atoms with Gasteiger partial charge in [0.2, 0.25) is 0 Å². The largest absolute Gasteiger partial charge is 0.452 e. The van der Waals surface area contributed by atoms with Gasteiger partial charge in [0.05, 0.1) is 0 Å². The molecule has 1 amide bonds. The average Bonchev–Trinajstić information content (AvgIpc) is 2.42. The van der Waals surface area contributed by atoms with Crippen LogP contribution in [0.25, 0.3) is 6.08 Å². The van der Waals surface area contributed by atoms with Crippen LogP contribution in [-0.4, -0.2) is 24.5 Å². The highest BCUT2D eigenvalue weighted by Crippen LogP contribution is 2.11. The number of amides is 1. The van der Waals surface area contributed by atoms with Gasteiger partial charge in [-0.1, -0.05) is 30.7 Å². The molecule has 0 saturated heterocycles. The highest BCUT2D eigenvalue weighted by atomic mass is 35.5. The first kappa shape index (κ1) is 16.2. The smallest absolute Gasteiger partial charge is 0.331 e. The zero-order valence-electron chi connectivity index (χ0n) is 11.6. The van der Waals surface area contributed by atoms with Crippen LogP contribution in [0.15, 0.2) is 30.3 Å². The Morgan fingerprint density at radius 2 is 2.20 bits per heavy atom. The van der Waals surface area contributed by atoms with Crippen LogP contribution in [0.5, 0.6) is 0 Å². The van der Waals surface area contributed by atoms with Gasteiger partial charge in [-0.3, -0.25) is 4.79 Å². The molecule has 0 fully saturated rings. The van der Waals surface area contributed by atoms with E-state index in [0.717, 1.165) is 12.0 Å². The lowest BCUT2D eigenvalue weighted by Gasteiger charge is -2.10. The van der Waals surface area contributed by atoms with Gasteiger partial charge >= 0.3 is 5.97 Å². The Morgan fingerprint density at radius 3 is 2.85 bits per heavy atom. The fourth-order valence-electron chi connectivity index (χ4n) is 1.38. The third kappa shape index (κ3) is 6.38. The third-order valence-electron chi connectivity index (χ3n) is 2.63. The topological polar surface area (TPSA) is 55.4 Å². The summed E-state index contributed by atoms with van der Waals surface area (Å²) in [5.41, 5.74) is 0.790. The van der Waals surface area contributed by atoms with Crippen molar-refractivity contribution in [2.75, 3.05) is 6.61 Å². The zero-order chi connectivity index (χ0) is 15.0. The Morgan fingerprint density at radius 1 is 1.45 bits per heavy atom. The van der Waals surface area contributed by atoms with E-state index in [1.54, 1.807) is 24.3 Å². The van der Waals surface area contributed by atoms with Crippen LogP contribution in [0.3, 0.4) is 0 Å². The number of carbonyl (C=O) groups excluding carboxylic acids is 2. The van der Waals surface area contributed by atoms with E-state index in [4.69, 9.17) is 16.3 Å². The number of hydrogen-bond acceptors (Lipinski definition) is 3. The summed E-state index contributed by atoms with van der Waals surface area (Å²) in [5, 5.41) is 3.30. The second-order valence-corrected chi connectivity index (χ2v) is 4.81. The number of carbonyl (C=O) groups is 2. The van der Waals surface area contributed by atoms with Crippen LogP contribution in [0.2, 0.25) is 5.02 Å². The summed E-state index contributed by atoms with van der Waals surface area (Å²) in [4.78, 5) is 22.8. The molecule has 5 heteroatoms. The van der Waals surface area contributed by atoms with Crippen LogP contribution in [0.4, 0.5) is 0 Å². The lowest BCUT2D eigenvalue weighted by atomic mass is 10.2. The maximum Gasteiger partial charge on any atom is 0.331 e. The Balaban J connectivity index is 2.38. The van der Waals surface area contributed by atoms with Crippen molar-refractivity contribution in [3.8, 4) is 0 Å². The van der Waals surface area contributed by atoms with E-state index in [-0.39, 0.29) is 18.6 Å². The number of benzene rings is 1. The number of hydrogen-bond donors (Lipinski definition) is 1. The van der Waals surface area contributed by atoms with Crippen molar-refractivity contribution < 1.29 is 14.3 Å². The molecule has 0 heterocycles. The molecule has 0 aliphatic carbocycles. The quantitative estimate of drug-likeness (QED) is 0.648. The molecule has 20 heavy (non-hydrogen) atoms. The molecule has 0 aliphatic rings. The Bertz CT molecular complexity index is 500. The molecule has 1 rings (SSSR count). The molecule has 4 nitrogen and oxygen atoms in total. The molecule has 0 spiro atoms. The van der Waals surface area contributed by atoms with E-state index in [1.807, 2.05) is 19.9 Å². The van der Waals surface area contributed by atoms with E-state index < -0.39 is 5.97 Å². The molecule has 108 valence electrons. The Kier molecular flexibility index (Phi) is 6.81. The van der Waals surface area contributed by atoms with Gasteiger partial charge in [-0.2, -0.15) is 0 Å². The van der Waals surface area contributed by atoms with Crippen molar-refractivity contribution in [1.82, 2.24) is 5.32 Å². The van der Waals surface area contributed by atoms with E-state index in [1.165, 1.54) is 6.08 Å². The predicted molar refractivity (Wildman–Crippen MR) is 79.3 cm³/mol. The summed E-state index contributed by atoms with van der Waals surface area (Å²) >= 11 is 5.82. The van der Waals surface area contributed by atoms with Gasteiger partial charge < -0.3 is 10.1 Å². The molecular weight excluding hydrogens is 278 g/mol. The first-order chi connectivity index (χ1) is 9.51. The van der Waals surface area contributed by atoms with Gasteiger partial charge in [0.25, 0.3) is 5.91 Å². The molecule has 0 aromatic heterocycles. The summed E-state index contributed by atoms with van der Waals surface area (Å²) in [7, 11) is 0. The normalized spacial score (nSPS) is 12.2. The minimum Gasteiger partial charge on any atom is -0.452 e. The van der Waals surface area contributed by atoms with Gasteiger partial charge in [-0.25, -0.2) is 4.79 Å². The highest BCUT2D eigenvalue weighted by Gasteiger charge is 2.07. The second kappa shape index (κ2) is 8.38. The van der Waals surface area contributed by atoms with Crippen molar-refractivity contribution in [2.24, 2.45) is 0 Å². The molecule has 1 aromatic carbocycles. The van der Waals surface area contributed by atoms with Crippen LogP contribution < -0.4 is 5.32 Å². The molecule has 1 aromatic rings. The summed E-state index contributed by atoms with van der Waals surface area (Å²) in [6, 6.07) is 7.14. The first-order valence-corrected chi connectivity index (χ1v) is 6.78. The van der Waals surface area contributed by atoms with Crippen molar-refractivity contribution in [2.45, 2.75) is 26.3 Å². The van der Waals surface area contributed by atoms with Crippen molar-refractivity contribution >= 4 is 29.6 Å². The molecule has 1 N–H and O–H groups in total. The van der Waals surface area contributed by atoms with Gasteiger partial charge in [0.1, 0.15) is 0 Å². The molecular formula is C15H18ClNO3. The number of ether oxygens (including phenoxy) is 1. The number of nitrogens with one attached hydrogen (secondary N) is 1. The maximum atomic E-state index is 11.4. The van der Waals surface area contributed by atoms with E-state index in [9.17, 15) is 9.59 Å². The van der Waals surface area contributed by atoms with Crippen molar-refractivity contribution in [1.29, 1.82) is 0 Å². The zero-order valence-corrected chi connectivity index (χ0v) is 12.3. The lowest BCUT2D eigenvalue weighted by molar-refractivity contribution is -0.144. The van der Waals surface area contributed by atoms with Gasteiger partial charge in [0.15, 0.2) is 6.61 Å². The number of esters is 1. The fraction of sp³-hybridized carbons (Fsp3) is 0.333. The minimum absolute atomic E-state index is 0.0724. The summed E-state index contributed by atoms with van der Waals surface area (Å²) < 4.78 is 4.83. The Hall–Kier alpha value is -1.81. The SMILES string of the molecule is CCC(C)NC(=O)COC(=O)C=Cc1cccc(Cl)c1. The van der Waals surface area contributed by atoms with Gasteiger partial charge in [-0.05, 0) is 37.1 Å². The molecule has 0 aliphatic heterocycles. The first-order valence-electron chi connectivity index (χ1n) is 6.41. The highest BCUT2D eigenvalue weighted by molar-refractivity contribution is 6.30. The minimum atomic E-state index is -0.565. The standard InChI is InChI=1S/C15H18ClNO3/c1-3-11(2)17-14(18)10-20-15(19)8-7-12-5-4-6-13(16)9-12/h4-9,11H,3,10H2,1-2H3,(H,17,18). The number of halogens is 1. The van der Waals surface area contributed by atoms with Crippen molar-refractivity contribution in [3.63, 3.8) is 0 Å². The van der Waals surface area contributed by atoms with Crippen LogP contribution in [-0.2, 0) is 14.3 Å². The summed E-state index contributed by atoms with van der Waals surface area (Å²) in [6.45, 7) is 3.58. The van der Waals surface area contributed by atoms with E-state index in [0.29, 0.717) is 5.02 Å². The van der Waals surface area contributed by atoms with E-state index >= 15 is 0 Å². The van der Waals surface area contributed by atoms with Crippen LogP contribution in [0.1, 0.15) is 25.8 Å². The van der Waals surface area contributed by atoms with Crippen LogP contribution in [0, 0.1) is 0 Å². The number of rotatable bonds is 6. The Labute approximate surface area is 123 Å². The molecule has 0 bridgehead atoms. The summed E-state index contributed by atoms with van der Waals surface area (Å²) in [6.07, 6.45) is 3.68. The molecule has 1 atom stereocenters. The predicted octanol–water partition coefficient (Wildman–Crippen LogP) is 2.81. The maximum absolute atomic E-state index is 11.4. The fourth-order valence-corrected chi connectivity index (χ4v) is 1.58. The van der Waals surface area contributed by atoms with Crippen LogP contribution >= 0.6 is 11.6 Å². The monoisotopic (exact) mass is 295 g/mol. The van der Waals surface area contributed by atoms with E-state index in [2.05, 4.69) is 5.32 Å². The van der Waals surface area contributed by atoms with Gasteiger partial charge in [0, 0.05) is 17.1 Å². The average molecular weight is 296 g/mol. The summed E-state index contributed by atoms with van der Waals surface area (Å²) in [5.74, 6) is -0.867. The third-order valence-corrected chi connectivity index (χ3v) is 2.86. The lowest BCUT2D eigenvalue weighted by Crippen LogP contribution is -2.35. The second-order valence-electron chi connectivity index (χ2n) is 4.37. The molecule has 1 unspecified atom stereocenters.